The van der Waals surface area contributed by atoms with Gasteiger partial charge in [0.1, 0.15) is 5.75 Å². The van der Waals surface area contributed by atoms with Crippen LogP contribution in [-0.2, 0) is 11.3 Å². The highest BCUT2D eigenvalue weighted by Gasteiger charge is 2.34. The number of hydrogen-bond acceptors (Lipinski definition) is 3. The van der Waals surface area contributed by atoms with E-state index in [0.29, 0.717) is 17.7 Å². The van der Waals surface area contributed by atoms with Crippen molar-refractivity contribution in [2.45, 2.75) is 39.2 Å². The van der Waals surface area contributed by atoms with Gasteiger partial charge in [0.05, 0.1) is 0 Å². The van der Waals surface area contributed by atoms with Gasteiger partial charge in [0, 0.05) is 20.1 Å². The molecule has 6 nitrogen and oxygen atoms in total. The molecule has 1 aliphatic rings. The van der Waals surface area contributed by atoms with Gasteiger partial charge in [-0.15, -0.1) is 24.0 Å². The SMILES string of the molecule is CCC1(CNC(=NC)NCc2cccc(OCC(N)=O)c2)CCC1.I. The Morgan fingerprint density at radius 3 is 2.68 bits per heavy atom. The third kappa shape index (κ3) is 6.72. The Balaban J connectivity index is 0.00000312. The summed E-state index contributed by atoms with van der Waals surface area (Å²) in [5.41, 5.74) is 6.58. The molecule has 0 aromatic heterocycles. The fourth-order valence-corrected chi connectivity index (χ4v) is 2.91. The molecule has 1 fully saturated rings. The molecule has 0 radical (unpaired) electrons. The molecular formula is C18H29IN4O2. The van der Waals surface area contributed by atoms with E-state index in [4.69, 9.17) is 10.5 Å². The number of carbonyl (C=O) groups is 1. The largest absolute Gasteiger partial charge is 0.484 e. The molecule has 0 aliphatic heterocycles. The minimum Gasteiger partial charge on any atom is -0.484 e. The summed E-state index contributed by atoms with van der Waals surface area (Å²) >= 11 is 0. The number of carbonyl (C=O) groups excluding carboxylic acids is 1. The Hall–Kier alpha value is -1.51. The van der Waals surface area contributed by atoms with E-state index in [1.807, 2.05) is 18.2 Å². The van der Waals surface area contributed by atoms with Gasteiger partial charge in [-0.1, -0.05) is 25.5 Å². The molecule has 1 aromatic carbocycles. The zero-order valence-corrected chi connectivity index (χ0v) is 17.3. The summed E-state index contributed by atoms with van der Waals surface area (Å²) in [7, 11) is 1.78. The van der Waals surface area contributed by atoms with Crippen molar-refractivity contribution in [2.24, 2.45) is 16.1 Å². The average Bonchev–Trinajstić information content (AvgIpc) is 2.55. The summed E-state index contributed by atoms with van der Waals surface area (Å²) in [4.78, 5) is 15.1. The van der Waals surface area contributed by atoms with Crippen molar-refractivity contribution in [3.63, 3.8) is 0 Å². The Labute approximate surface area is 167 Å². The van der Waals surface area contributed by atoms with E-state index in [1.54, 1.807) is 13.1 Å². The van der Waals surface area contributed by atoms with Gasteiger partial charge >= 0.3 is 0 Å². The van der Waals surface area contributed by atoms with Crippen LogP contribution in [0, 0.1) is 5.41 Å². The van der Waals surface area contributed by atoms with Gasteiger partial charge < -0.3 is 21.1 Å². The molecule has 1 aliphatic carbocycles. The van der Waals surface area contributed by atoms with Gasteiger partial charge in [0.2, 0.25) is 0 Å². The topological polar surface area (TPSA) is 88.7 Å². The van der Waals surface area contributed by atoms with Crippen molar-refractivity contribution in [1.82, 2.24) is 10.6 Å². The summed E-state index contributed by atoms with van der Waals surface area (Å²) in [6, 6.07) is 7.59. The molecule has 140 valence electrons. The highest BCUT2D eigenvalue weighted by molar-refractivity contribution is 14.0. The van der Waals surface area contributed by atoms with Crippen LogP contribution in [0.5, 0.6) is 5.75 Å². The Morgan fingerprint density at radius 2 is 2.12 bits per heavy atom. The average molecular weight is 460 g/mol. The fraction of sp³-hybridized carbons (Fsp3) is 0.556. The molecule has 1 saturated carbocycles. The van der Waals surface area contributed by atoms with Crippen molar-refractivity contribution in [1.29, 1.82) is 0 Å². The lowest BCUT2D eigenvalue weighted by Crippen LogP contribution is -2.46. The van der Waals surface area contributed by atoms with Crippen LogP contribution in [0.25, 0.3) is 0 Å². The van der Waals surface area contributed by atoms with Crippen LogP contribution in [0.15, 0.2) is 29.3 Å². The first-order valence-electron chi connectivity index (χ1n) is 8.51. The zero-order chi connectivity index (χ0) is 17.4. The molecule has 4 N–H and O–H groups in total. The second-order valence-corrected chi connectivity index (χ2v) is 6.39. The Bertz CT molecular complexity index is 583. The molecule has 0 heterocycles. The molecule has 7 heteroatoms. The van der Waals surface area contributed by atoms with Gasteiger partial charge in [-0.05, 0) is 42.4 Å². The van der Waals surface area contributed by atoms with Crippen LogP contribution >= 0.6 is 24.0 Å². The van der Waals surface area contributed by atoms with Gasteiger partial charge in [-0.25, -0.2) is 0 Å². The van der Waals surface area contributed by atoms with E-state index in [-0.39, 0.29) is 30.6 Å². The minimum absolute atomic E-state index is 0. The van der Waals surface area contributed by atoms with Gasteiger partial charge in [-0.3, -0.25) is 9.79 Å². The Kier molecular flexibility index (Phi) is 9.02. The number of hydrogen-bond donors (Lipinski definition) is 3. The lowest BCUT2D eigenvalue weighted by atomic mass is 9.67. The van der Waals surface area contributed by atoms with Gasteiger partial charge in [-0.2, -0.15) is 0 Å². The second kappa shape index (κ2) is 10.5. The van der Waals surface area contributed by atoms with Crippen molar-refractivity contribution >= 4 is 35.8 Å². The molecule has 0 atom stereocenters. The van der Waals surface area contributed by atoms with E-state index in [1.165, 1.54) is 25.7 Å². The van der Waals surface area contributed by atoms with E-state index in [9.17, 15) is 4.79 Å². The first-order valence-corrected chi connectivity index (χ1v) is 8.51. The summed E-state index contributed by atoms with van der Waals surface area (Å²) in [6.07, 6.45) is 5.13. The van der Waals surface area contributed by atoms with Crippen LogP contribution < -0.4 is 21.1 Å². The van der Waals surface area contributed by atoms with Crippen LogP contribution in [0.1, 0.15) is 38.2 Å². The molecule has 0 saturated heterocycles. The Morgan fingerprint density at radius 1 is 1.36 bits per heavy atom. The van der Waals surface area contributed by atoms with Gasteiger partial charge in [0.15, 0.2) is 12.6 Å². The number of nitrogens with two attached hydrogens (primary N) is 1. The number of ether oxygens (including phenoxy) is 1. The number of benzene rings is 1. The van der Waals surface area contributed by atoms with Crippen LogP contribution in [0.2, 0.25) is 0 Å². The summed E-state index contributed by atoms with van der Waals surface area (Å²) in [5.74, 6) is 0.956. The van der Waals surface area contributed by atoms with Gasteiger partial charge in [0.25, 0.3) is 5.91 Å². The third-order valence-corrected chi connectivity index (χ3v) is 4.76. The standard InChI is InChI=1S/C18H28N4O2.HI/c1-3-18(8-5-9-18)13-22-17(20-2)21-11-14-6-4-7-15(10-14)24-12-16(19)23;/h4,6-7,10H,3,5,8-9,11-13H2,1-2H3,(H2,19,23)(H2,20,21,22);1H. The lowest BCUT2D eigenvalue weighted by molar-refractivity contribution is -0.119. The molecule has 25 heavy (non-hydrogen) atoms. The maximum atomic E-state index is 10.8. The lowest BCUT2D eigenvalue weighted by Gasteiger charge is -2.41. The molecular weight excluding hydrogens is 431 g/mol. The first-order chi connectivity index (χ1) is 11.6. The molecule has 0 spiro atoms. The van der Waals surface area contributed by atoms with Crippen molar-refractivity contribution < 1.29 is 9.53 Å². The summed E-state index contributed by atoms with van der Waals surface area (Å²) in [5, 5.41) is 6.75. The third-order valence-electron chi connectivity index (χ3n) is 4.76. The molecule has 0 bridgehead atoms. The number of amides is 1. The van der Waals surface area contributed by atoms with E-state index in [0.717, 1.165) is 18.1 Å². The number of aliphatic imine (C=N–C) groups is 1. The van der Waals surface area contributed by atoms with Crippen molar-refractivity contribution in [3.8, 4) is 5.75 Å². The van der Waals surface area contributed by atoms with Crippen LogP contribution in [0.3, 0.4) is 0 Å². The maximum Gasteiger partial charge on any atom is 0.255 e. The normalized spacial score (nSPS) is 15.5. The number of nitrogens with one attached hydrogen (secondary N) is 2. The predicted molar refractivity (Wildman–Crippen MR) is 111 cm³/mol. The zero-order valence-electron chi connectivity index (χ0n) is 15.0. The van der Waals surface area contributed by atoms with Crippen LogP contribution in [0.4, 0.5) is 0 Å². The number of guanidine groups is 1. The predicted octanol–water partition coefficient (Wildman–Crippen LogP) is 2.41. The second-order valence-electron chi connectivity index (χ2n) is 6.39. The summed E-state index contributed by atoms with van der Waals surface area (Å²) < 4.78 is 5.32. The number of rotatable bonds is 8. The van der Waals surface area contributed by atoms with Crippen molar-refractivity contribution in [2.75, 3.05) is 20.2 Å². The molecule has 2 rings (SSSR count). The minimum atomic E-state index is -0.482. The quantitative estimate of drug-likeness (QED) is 0.316. The summed E-state index contributed by atoms with van der Waals surface area (Å²) in [6.45, 7) is 3.74. The maximum absolute atomic E-state index is 10.8. The van der Waals surface area contributed by atoms with E-state index >= 15 is 0 Å². The van der Waals surface area contributed by atoms with E-state index < -0.39 is 5.91 Å². The monoisotopic (exact) mass is 460 g/mol. The van der Waals surface area contributed by atoms with Crippen LogP contribution in [-0.4, -0.2) is 32.1 Å². The highest BCUT2D eigenvalue weighted by Crippen LogP contribution is 2.42. The molecule has 0 unspecified atom stereocenters. The number of halogens is 1. The first kappa shape index (κ1) is 21.5. The highest BCUT2D eigenvalue weighted by atomic mass is 127. The number of nitrogens with zero attached hydrogens (tertiary/aromatic N) is 1. The smallest absolute Gasteiger partial charge is 0.255 e. The fourth-order valence-electron chi connectivity index (χ4n) is 2.91. The molecule has 1 aromatic rings. The molecule has 1 amide bonds. The number of primary amides is 1. The van der Waals surface area contributed by atoms with Crippen molar-refractivity contribution in [3.05, 3.63) is 29.8 Å². The van der Waals surface area contributed by atoms with E-state index in [2.05, 4.69) is 22.5 Å².